The number of hydrogen-bond acceptors (Lipinski definition) is 1. The first-order valence-electron chi connectivity index (χ1n) is 6.74. The molecule has 1 nitrogen and oxygen atoms in total. The van der Waals surface area contributed by atoms with Gasteiger partial charge >= 0.3 is 0 Å². The molecule has 0 aromatic heterocycles. The Morgan fingerprint density at radius 1 is 1.20 bits per heavy atom. The summed E-state index contributed by atoms with van der Waals surface area (Å²) in [7, 11) is 0. The lowest BCUT2D eigenvalue weighted by Crippen LogP contribution is -2.32. The highest BCUT2D eigenvalue weighted by atomic mass is 14.7. The fourth-order valence-electron chi connectivity index (χ4n) is 2.71. The van der Waals surface area contributed by atoms with Crippen molar-refractivity contribution in [3.8, 4) is 0 Å². The Kier molecular flexibility index (Phi) is 6.00. The Balaban J connectivity index is 2.52. The standard InChI is InChI=1S/C14H27N/c1-3-8-12(9-4-2)14(15)13-10-6-5-7-11-13/h10,12,14H,3-9,11,15H2,1-2H3. The van der Waals surface area contributed by atoms with Gasteiger partial charge in [-0.2, -0.15) is 0 Å². The maximum atomic E-state index is 6.40. The van der Waals surface area contributed by atoms with Crippen LogP contribution in [-0.4, -0.2) is 6.04 Å². The average molecular weight is 209 g/mol. The summed E-state index contributed by atoms with van der Waals surface area (Å²) in [6.45, 7) is 4.54. The van der Waals surface area contributed by atoms with Gasteiger partial charge in [0.1, 0.15) is 0 Å². The predicted octanol–water partition coefficient (Wildman–Crippen LogP) is 4.03. The highest BCUT2D eigenvalue weighted by Crippen LogP contribution is 2.27. The van der Waals surface area contributed by atoms with Crippen molar-refractivity contribution in [1.82, 2.24) is 0 Å². The molecule has 0 fully saturated rings. The summed E-state index contributed by atoms with van der Waals surface area (Å²) in [4.78, 5) is 0. The van der Waals surface area contributed by atoms with Gasteiger partial charge in [-0.25, -0.2) is 0 Å². The molecule has 0 saturated carbocycles. The van der Waals surface area contributed by atoms with E-state index in [4.69, 9.17) is 5.73 Å². The van der Waals surface area contributed by atoms with E-state index in [1.165, 1.54) is 51.4 Å². The molecule has 0 amide bonds. The van der Waals surface area contributed by atoms with Crippen LogP contribution in [0.2, 0.25) is 0 Å². The van der Waals surface area contributed by atoms with Crippen LogP contribution in [0.3, 0.4) is 0 Å². The molecule has 0 aromatic rings. The second-order valence-corrected chi connectivity index (χ2v) is 4.89. The van der Waals surface area contributed by atoms with Crippen LogP contribution in [0.5, 0.6) is 0 Å². The maximum Gasteiger partial charge on any atom is 0.0282 e. The fourth-order valence-corrected chi connectivity index (χ4v) is 2.71. The van der Waals surface area contributed by atoms with Crippen molar-refractivity contribution in [2.75, 3.05) is 0 Å². The van der Waals surface area contributed by atoms with Crippen LogP contribution in [0.15, 0.2) is 11.6 Å². The normalized spacial score (nSPS) is 19.1. The molecular formula is C14H27N. The van der Waals surface area contributed by atoms with E-state index in [2.05, 4.69) is 19.9 Å². The molecule has 0 aliphatic heterocycles. The fraction of sp³-hybridized carbons (Fsp3) is 0.857. The Morgan fingerprint density at radius 2 is 1.87 bits per heavy atom. The monoisotopic (exact) mass is 209 g/mol. The molecule has 0 saturated heterocycles. The van der Waals surface area contributed by atoms with Crippen LogP contribution in [0.1, 0.15) is 65.2 Å². The Labute approximate surface area is 95.1 Å². The largest absolute Gasteiger partial charge is 0.324 e. The molecule has 1 aliphatic carbocycles. The molecule has 88 valence electrons. The van der Waals surface area contributed by atoms with Gasteiger partial charge < -0.3 is 5.73 Å². The van der Waals surface area contributed by atoms with Gasteiger partial charge in [-0.3, -0.25) is 0 Å². The van der Waals surface area contributed by atoms with Crippen molar-refractivity contribution in [2.45, 2.75) is 71.3 Å². The maximum absolute atomic E-state index is 6.40. The minimum atomic E-state index is 0.352. The molecular weight excluding hydrogens is 182 g/mol. The van der Waals surface area contributed by atoms with Crippen molar-refractivity contribution in [3.05, 3.63) is 11.6 Å². The van der Waals surface area contributed by atoms with E-state index in [0.29, 0.717) is 6.04 Å². The molecule has 1 atom stereocenters. The Morgan fingerprint density at radius 3 is 2.33 bits per heavy atom. The van der Waals surface area contributed by atoms with E-state index < -0.39 is 0 Å². The van der Waals surface area contributed by atoms with E-state index >= 15 is 0 Å². The Bertz CT molecular complexity index is 190. The summed E-state index contributed by atoms with van der Waals surface area (Å²) in [5.41, 5.74) is 7.95. The van der Waals surface area contributed by atoms with Crippen LogP contribution in [0.25, 0.3) is 0 Å². The lowest BCUT2D eigenvalue weighted by molar-refractivity contribution is 0.381. The zero-order chi connectivity index (χ0) is 11.1. The molecule has 0 radical (unpaired) electrons. The van der Waals surface area contributed by atoms with Gasteiger partial charge in [0.05, 0.1) is 0 Å². The average Bonchev–Trinajstić information content (AvgIpc) is 2.29. The van der Waals surface area contributed by atoms with Gasteiger partial charge in [0.25, 0.3) is 0 Å². The minimum Gasteiger partial charge on any atom is -0.324 e. The SMILES string of the molecule is CCCC(CCC)C(N)C1=CCCCC1. The molecule has 1 heteroatoms. The van der Waals surface area contributed by atoms with Crippen molar-refractivity contribution >= 4 is 0 Å². The third kappa shape index (κ3) is 3.98. The number of rotatable bonds is 6. The van der Waals surface area contributed by atoms with E-state index in [-0.39, 0.29) is 0 Å². The van der Waals surface area contributed by atoms with E-state index in [9.17, 15) is 0 Å². The van der Waals surface area contributed by atoms with Crippen molar-refractivity contribution < 1.29 is 0 Å². The van der Waals surface area contributed by atoms with Crippen LogP contribution in [0.4, 0.5) is 0 Å². The molecule has 0 bridgehead atoms. The van der Waals surface area contributed by atoms with Gasteiger partial charge in [-0.05, 0) is 44.4 Å². The lowest BCUT2D eigenvalue weighted by atomic mass is 9.82. The highest BCUT2D eigenvalue weighted by Gasteiger charge is 2.20. The van der Waals surface area contributed by atoms with Crippen LogP contribution < -0.4 is 5.73 Å². The summed E-state index contributed by atoms with van der Waals surface area (Å²) in [6, 6.07) is 0.352. The summed E-state index contributed by atoms with van der Waals surface area (Å²) in [5, 5.41) is 0. The quantitative estimate of drug-likeness (QED) is 0.657. The van der Waals surface area contributed by atoms with Gasteiger partial charge in [0.15, 0.2) is 0 Å². The molecule has 1 rings (SSSR count). The van der Waals surface area contributed by atoms with E-state index in [1.54, 1.807) is 5.57 Å². The molecule has 1 unspecified atom stereocenters. The highest BCUT2D eigenvalue weighted by molar-refractivity contribution is 5.13. The Hall–Kier alpha value is -0.300. The number of allylic oxidation sites excluding steroid dienone is 1. The van der Waals surface area contributed by atoms with Gasteiger partial charge in [0, 0.05) is 6.04 Å². The molecule has 0 aromatic carbocycles. The number of nitrogens with two attached hydrogens (primary N) is 1. The van der Waals surface area contributed by atoms with Crippen LogP contribution >= 0.6 is 0 Å². The van der Waals surface area contributed by atoms with Crippen LogP contribution in [0, 0.1) is 5.92 Å². The third-order valence-corrected chi connectivity index (χ3v) is 3.58. The first-order valence-corrected chi connectivity index (χ1v) is 6.74. The summed E-state index contributed by atoms with van der Waals surface area (Å²) < 4.78 is 0. The summed E-state index contributed by atoms with van der Waals surface area (Å²) in [6.07, 6.45) is 12.8. The van der Waals surface area contributed by atoms with Crippen molar-refractivity contribution in [2.24, 2.45) is 11.7 Å². The lowest BCUT2D eigenvalue weighted by Gasteiger charge is -2.27. The number of hydrogen-bond donors (Lipinski definition) is 1. The van der Waals surface area contributed by atoms with Gasteiger partial charge in [-0.1, -0.05) is 38.3 Å². The first-order chi connectivity index (χ1) is 7.29. The second kappa shape index (κ2) is 7.05. The third-order valence-electron chi connectivity index (χ3n) is 3.58. The molecule has 0 heterocycles. The van der Waals surface area contributed by atoms with Crippen LogP contribution in [-0.2, 0) is 0 Å². The summed E-state index contributed by atoms with van der Waals surface area (Å²) >= 11 is 0. The zero-order valence-electron chi connectivity index (χ0n) is 10.5. The molecule has 15 heavy (non-hydrogen) atoms. The topological polar surface area (TPSA) is 26.0 Å². The van der Waals surface area contributed by atoms with E-state index in [0.717, 1.165) is 5.92 Å². The molecule has 0 spiro atoms. The second-order valence-electron chi connectivity index (χ2n) is 4.89. The molecule has 2 N–H and O–H groups in total. The van der Waals surface area contributed by atoms with Gasteiger partial charge in [0.2, 0.25) is 0 Å². The zero-order valence-corrected chi connectivity index (χ0v) is 10.5. The minimum absolute atomic E-state index is 0.352. The van der Waals surface area contributed by atoms with Crippen molar-refractivity contribution in [3.63, 3.8) is 0 Å². The summed E-state index contributed by atoms with van der Waals surface area (Å²) in [5.74, 6) is 0.726. The van der Waals surface area contributed by atoms with Crippen molar-refractivity contribution in [1.29, 1.82) is 0 Å². The van der Waals surface area contributed by atoms with E-state index in [1.807, 2.05) is 0 Å². The smallest absolute Gasteiger partial charge is 0.0282 e. The predicted molar refractivity (Wildman–Crippen MR) is 67.8 cm³/mol. The molecule has 1 aliphatic rings. The first kappa shape index (κ1) is 12.8. The van der Waals surface area contributed by atoms with Gasteiger partial charge in [-0.15, -0.1) is 0 Å².